The van der Waals surface area contributed by atoms with Gasteiger partial charge in [0, 0.05) is 6.04 Å². The van der Waals surface area contributed by atoms with Crippen LogP contribution in [0.5, 0.6) is 0 Å². The van der Waals surface area contributed by atoms with E-state index in [9.17, 15) is 0 Å². The van der Waals surface area contributed by atoms with Crippen molar-refractivity contribution in [1.82, 2.24) is 20.5 Å². The largest absolute Gasteiger partial charge is 0.303 e. The SMILES string of the molecule is CC(NCc1ncn[nH]1)c1ccc(Cl)c(Cl)c1. The van der Waals surface area contributed by atoms with Gasteiger partial charge < -0.3 is 5.32 Å². The number of halogens is 2. The van der Waals surface area contributed by atoms with Gasteiger partial charge in [-0.1, -0.05) is 29.3 Å². The van der Waals surface area contributed by atoms with Gasteiger partial charge in [0.25, 0.3) is 0 Å². The third kappa shape index (κ3) is 3.19. The molecule has 1 aromatic carbocycles. The van der Waals surface area contributed by atoms with Crippen LogP contribution >= 0.6 is 23.2 Å². The van der Waals surface area contributed by atoms with Gasteiger partial charge in [-0.25, -0.2) is 4.98 Å². The Bertz CT molecular complexity index is 484. The number of aromatic nitrogens is 3. The van der Waals surface area contributed by atoms with Crippen molar-refractivity contribution < 1.29 is 0 Å². The summed E-state index contributed by atoms with van der Waals surface area (Å²) in [6.45, 7) is 2.68. The Morgan fingerprint density at radius 2 is 2.18 bits per heavy atom. The van der Waals surface area contributed by atoms with Crippen molar-refractivity contribution in [3.63, 3.8) is 0 Å². The third-order valence-electron chi connectivity index (χ3n) is 2.48. The van der Waals surface area contributed by atoms with Crippen LogP contribution in [0.3, 0.4) is 0 Å². The molecule has 0 saturated heterocycles. The number of hydrogen-bond acceptors (Lipinski definition) is 3. The molecule has 1 aromatic heterocycles. The Kier molecular flexibility index (Phi) is 3.99. The molecule has 1 heterocycles. The van der Waals surface area contributed by atoms with Crippen molar-refractivity contribution in [2.75, 3.05) is 0 Å². The highest BCUT2D eigenvalue weighted by Gasteiger charge is 2.07. The summed E-state index contributed by atoms with van der Waals surface area (Å²) in [6.07, 6.45) is 1.49. The van der Waals surface area contributed by atoms with Crippen LogP contribution in [0.4, 0.5) is 0 Å². The zero-order valence-corrected chi connectivity index (χ0v) is 10.8. The lowest BCUT2D eigenvalue weighted by molar-refractivity contribution is 0.560. The molecule has 0 amide bonds. The van der Waals surface area contributed by atoms with Crippen LogP contribution in [-0.2, 0) is 6.54 Å². The van der Waals surface area contributed by atoms with Crippen LogP contribution in [0, 0.1) is 0 Å². The molecule has 6 heteroatoms. The number of hydrogen-bond donors (Lipinski definition) is 2. The van der Waals surface area contributed by atoms with Gasteiger partial charge in [-0.2, -0.15) is 5.10 Å². The molecule has 1 atom stereocenters. The van der Waals surface area contributed by atoms with Crippen LogP contribution < -0.4 is 5.32 Å². The average Bonchev–Trinajstić information content (AvgIpc) is 2.82. The van der Waals surface area contributed by atoms with E-state index in [4.69, 9.17) is 23.2 Å². The second-order valence-electron chi connectivity index (χ2n) is 3.71. The smallest absolute Gasteiger partial charge is 0.138 e. The summed E-state index contributed by atoms with van der Waals surface area (Å²) in [4.78, 5) is 4.04. The first-order valence-electron chi connectivity index (χ1n) is 5.19. The normalized spacial score (nSPS) is 12.6. The molecule has 0 spiro atoms. The average molecular weight is 271 g/mol. The molecule has 0 aliphatic heterocycles. The van der Waals surface area contributed by atoms with Crippen LogP contribution in [0.1, 0.15) is 24.4 Å². The summed E-state index contributed by atoms with van der Waals surface area (Å²) in [5.41, 5.74) is 1.08. The lowest BCUT2D eigenvalue weighted by atomic mass is 10.1. The highest BCUT2D eigenvalue weighted by atomic mass is 35.5. The molecule has 0 radical (unpaired) electrons. The van der Waals surface area contributed by atoms with Crippen molar-refractivity contribution >= 4 is 23.2 Å². The first-order valence-corrected chi connectivity index (χ1v) is 5.95. The number of rotatable bonds is 4. The second kappa shape index (κ2) is 5.49. The third-order valence-corrected chi connectivity index (χ3v) is 3.22. The Morgan fingerprint density at radius 1 is 1.35 bits per heavy atom. The summed E-state index contributed by atoms with van der Waals surface area (Å²) >= 11 is 11.8. The Balaban J connectivity index is 1.99. The lowest BCUT2D eigenvalue weighted by Gasteiger charge is -2.13. The van der Waals surface area contributed by atoms with Gasteiger partial charge in [-0.15, -0.1) is 0 Å². The van der Waals surface area contributed by atoms with Gasteiger partial charge >= 0.3 is 0 Å². The maximum Gasteiger partial charge on any atom is 0.138 e. The van der Waals surface area contributed by atoms with Gasteiger partial charge in [0.05, 0.1) is 16.6 Å². The topological polar surface area (TPSA) is 53.6 Å². The highest BCUT2D eigenvalue weighted by Crippen LogP contribution is 2.25. The van der Waals surface area contributed by atoms with Crippen LogP contribution in [0.15, 0.2) is 24.5 Å². The van der Waals surface area contributed by atoms with Gasteiger partial charge in [0.2, 0.25) is 0 Å². The molecule has 2 rings (SSSR count). The molecule has 0 saturated carbocycles. The first kappa shape index (κ1) is 12.4. The predicted molar refractivity (Wildman–Crippen MR) is 68.1 cm³/mol. The fraction of sp³-hybridized carbons (Fsp3) is 0.273. The van der Waals surface area contributed by atoms with Crippen molar-refractivity contribution in [3.8, 4) is 0 Å². The van der Waals surface area contributed by atoms with E-state index < -0.39 is 0 Å². The van der Waals surface area contributed by atoms with Crippen molar-refractivity contribution in [2.45, 2.75) is 19.5 Å². The minimum atomic E-state index is 0.162. The van der Waals surface area contributed by atoms with Gasteiger partial charge in [-0.3, -0.25) is 5.10 Å². The van der Waals surface area contributed by atoms with Crippen LogP contribution in [-0.4, -0.2) is 15.2 Å². The number of nitrogens with one attached hydrogen (secondary N) is 2. The molecule has 4 nitrogen and oxygen atoms in total. The van der Waals surface area contributed by atoms with E-state index in [1.807, 2.05) is 12.1 Å². The summed E-state index contributed by atoms with van der Waals surface area (Å²) in [5.74, 6) is 0.803. The molecule has 90 valence electrons. The lowest BCUT2D eigenvalue weighted by Crippen LogP contribution is -2.18. The van der Waals surface area contributed by atoms with Crippen LogP contribution in [0.25, 0.3) is 0 Å². The minimum absolute atomic E-state index is 0.162. The second-order valence-corrected chi connectivity index (χ2v) is 4.52. The number of nitrogens with zero attached hydrogens (tertiary/aromatic N) is 2. The molecular weight excluding hydrogens is 259 g/mol. The standard InChI is InChI=1S/C11H12Cl2N4/c1-7(14-5-11-15-6-16-17-11)8-2-3-9(12)10(13)4-8/h2-4,6-7,14H,5H2,1H3,(H,15,16,17). The molecule has 2 N–H and O–H groups in total. The monoisotopic (exact) mass is 270 g/mol. The molecule has 1 unspecified atom stereocenters. The molecule has 0 aliphatic rings. The summed E-state index contributed by atoms with van der Waals surface area (Å²) in [7, 11) is 0. The quantitative estimate of drug-likeness (QED) is 0.898. The van der Waals surface area contributed by atoms with Gasteiger partial charge in [0.15, 0.2) is 0 Å². The Labute approximate surface area is 109 Å². The summed E-state index contributed by atoms with van der Waals surface area (Å²) in [6, 6.07) is 5.77. The van der Waals surface area contributed by atoms with E-state index >= 15 is 0 Å². The summed E-state index contributed by atoms with van der Waals surface area (Å²) in [5, 5.41) is 11.0. The predicted octanol–water partition coefficient (Wildman–Crippen LogP) is 2.96. The van der Waals surface area contributed by atoms with E-state index in [0.29, 0.717) is 16.6 Å². The molecule has 0 bridgehead atoms. The number of aromatic amines is 1. The fourth-order valence-electron chi connectivity index (χ4n) is 1.47. The molecule has 17 heavy (non-hydrogen) atoms. The van der Waals surface area contributed by atoms with Gasteiger partial charge in [-0.05, 0) is 24.6 Å². The Morgan fingerprint density at radius 3 is 2.82 bits per heavy atom. The van der Waals surface area contributed by atoms with Crippen molar-refractivity contribution in [1.29, 1.82) is 0 Å². The molecular formula is C11H12Cl2N4. The number of H-pyrrole nitrogens is 1. The van der Waals surface area contributed by atoms with E-state index in [-0.39, 0.29) is 6.04 Å². The van der Waals surface area contributed by atoms with E-state index in [0.717, 1.165) is 11.4 Å². The zero-order valence-electron chi connectivity index (χ0n) is 9.24. The first-order chi connectivity index (χ1) is 8.16. The summed E-state index contributed by atoms with van der Waals surface area (Å²) < 4.78 is 0. The van der Waals surface area contributed by atoms with Crippen molar-refractivity contribution in [2.24, 2.45) is 0 Å². The number of benzene rings is 1. The van der Waals surface area contributed by atoms with E-state index in [1.54, 1.807) is 6.07 Å². The van der Waals surface area contributed by atoms with Gasteiger partial charge in [0.1, 0.15) is 12.2 Å². The van der Waals surface area contributed by atoms with E-state index in [2.05, 4.69) is 27.4 Å². The minimum Gasteiger partial charge on any atom is -0.303 e. The molecule has 0 aliphatic carbocycles. The zero-order chi connectivity index (χ0) is 12.3. The maximum absolute atomic E-state index is 5.97. The Hall–Kier alpha value is -1.10. The highest BCUT2D eigenvalue weighted by molar-refractivity contribution is 6.42. The van der Waals surface area contributed by atoms with E-state index in [1.165, 1.54) is 6.33 Å². The molecule has 0 fully saturated rings. The van der Waals surface area contributed by atoms with Crippen molar-refractivity contribution in [3.05, 3.63) is 46.0 Å². The maximum atomic E-state index is 5.97. The van der Waals surface area contributed by atoms with Crippen LogP contribution in [0.2, 0.25) is 10.0 Å². The molecule has 2 aromatic rings. The fourth-order valence-corrected chi connectivity index (χ4v) is 1.77.